The zero-order chi connectivity index (χ0) is 18.7. The Morgan fingerprint density at radius 2 is 1.96 bits per heavy atom. The van der Waals surface area contributed by atoms with Crippen molar-refractivity contribution >= 4 is 23.6 Å². The van der Waals surface area contributed by atoms with Gasteiger partial charge >= 0.3 is 12.2 Å². The van der Waals surface area contributed by atoms with Crippen molar-refractivity contribution in [3.63, 3.8) is 0 Å². The molecule has 25 heavy (non-hydrogen) atoms. The molecule has 0 spiro atoms. The Morgan fingerprint density at radius 1 is 1.20 bits per heavy atom. The number of carbonyl (C=O) groups excluding carboxylic acids is 2. The van der Waals surface area contributed by atoms with Crippen LogP contribution in [0, 0.1) is 13.5 Å². The molecule has 1 rings (SSSR count). The number of ether oxygens (including phenoxy) is 2. The Labute approximate surface area is 144 Å². The van der Waals surface area contributed by atoms with Gasteiger partial charge in [0.15, 0.2) is 5.76 Å². The van der Waals surface area contributed by atoms with Gasteiger partial charge in [-0.3, -0.25) is 10.6 Å². The molecule has 0 heterocycles. The third kappa shape index (κ3) is 7.75. The lowest BCUT2D eigenvalue weighted by atomic mass is 10.2. The first kappa shape index (κ1) is 19.8. The lowest BCUT2D eigenvalue weighted by Gasteiger charge is -2.11. The van der Waals surface area contributed by atoms with Crippen LogP contribution in [0.5, 0.6) is 0 Å². The second kappa shape index (κ2) is 10.6. The second-order valence-corrected chi connectivity index (χ2v) is 4.61. The second-order valence-electron chi connectivity index (χ2n) is 4.61. The predicted molar refractivity (Wildman–Crippen MR) is 90.1 cm³/mol. The molecular formula is C16H19N2O7. The number of benzene rings is 1. The van der Waals surface area contributed by atoms with E-state index in [2.05, 4.69) is 15.4 Å². The van der Waals surface area contributed by atoms with Crippen LogP contribution in [-0.4, -0.2) is 40.7 Å². The van der Waals surface area contributed by atoms with E-state index < -0.39 is 17.9 Å². The van der Waals surface area contributed by atoms with Gasteiger partial charge in [-0.15, -0.1) is 0 Å². The van der Waals surface area contributed by atoms with Gasteiger partial charge < -0.3 is 24.8 Å². The molecule has 9 heteroatoms. The van der Waals surface area contributed by atoms with E-state index in [1.54, 1.807) is 19.1 Å². The van der Waals surface area contributed by atoms with Crippen LogP contribution < -0.4 is 10.6 Å². The van der Waals surface area contributed by atoms with E-state index in [0.717, 1.165) is 5.56 Å². The van der Waals surface area contributed by atoms with Crippen LogP contribution in [0.2, 0.25) is 0 Å². The standard InChI is InChI=1S/C16H19N2O7/c1-11-4-5-12(17-15(22)25-10-13(21)9-20)8-14(11)18-16(23)24-7-3-2-6-19/h2-5,8-10,19-21H,6-7H2,1H3,(H,17,22)(H,18,23)/b3-2+,13-9-. The molecule has 5 N–H and O–H groups in total. The maximum absolute atomic E-state index is 11.7. The molecule has 1 radical (unpaired) electrons. The van der Waals surface area contributed by atoms with E-state index in [1.807, 2.05) is 0 Å². The lowest BCUT2D eigenvalue weighted by Crippen LogP contribution is -2.16. The van der Waals surface area contributed by atoms with E-state index in [9.17, 15) is 9.59 Å². The number of aliphatic hydroxyl groups is 3. The van der Waals surface area contributed by atoms with Gasteiger partial charge in [-0.25, -0.2) is 9.59 Å². The third-order valence-electron chi connectivity index (χ3n) is 2.72. The fourth-order valence-electron chi connectivity index (χ4n) is 1.54. The molecule has 0 bridgehead atoms. The summed E-state index contributed by atoms with van der Waals surface area (Å²) in [5.74, 6) is -0.626. The first-order valence-corrected chi connectivity index (χ1v) is 7.10. The maximum Gasteiger partial charge on any atom is 0.412 e. The molecule has 0 aliphatic carbocycles. The maximum atomic E-state index is 11.7. The molecule has 0 fully saturated rings. The van der Waals surface area contributed by atoms with Crippen LogP contribution in [0.4, 0.5) is 21.0 Å². The van der Waals surface area contributed by atoms with Gasteiger partial charge in [-0.2, -0.15) is 0 Å². The van der Waals surface area contributed by atoms with Crippen LogP contribution in [0.25, 0.3) is 0 Å². The predicted octanol–water partition coefficient (Wildman–Crippen LogP) is 2.76. The number of anilines is 2. The van der Waals surface area contributed by atoms with E-state index in [0.29, 0.717) is 24.2 Å². The molecule has 0 atom stereocenters. The molecule has 0 aromatic heterocycles. The Balaban J connectivity index is 2.61. The fourth-order valence-corrected chi connectivity index (χ4v) is 1.54. The largest absolute Gasteiger partial charge is 0.512 e. The Hall–Kier alpha value is -3.20. The van der Waals surface area contributed by atoms with Gasteiger partial charge in [0.1, 0.15) is 12.9 Å². The number of aryl methyl sites for hydroxylation is 1. The van der Waals surface area contributed by atoms with Gasteiger partial charge in [-0.05, 0) is 30.7 Å². The molecule has 0 saturated carbocycles. The van der Waals surface area contributed by atoms with Gasteiger partial charge in [0.2, 0.25) is 6.61 Å². The highest BCUT2D eigenvalue weighted by Gasteiger charge is 2.09. The molecule has 135 valence electrons. The number of hydrogen-bond donors (Lipinski definition) is 5. The monoisotopic (exact) mass is 351 g/mol. The highest BCUT2D eigenvalue weighted by atomic mass is 16.6. The van der Waals surface area contributed by atoms with Crippen LogP contribution in [-0.2, 0) is 9.47 Å². The van der Waals surface area contributed by atoms with Gasteiger partial charge in [0.25, 0.3) is 0 Å². The van der Waals surface area contributed by atoms with E-state index >= 15 is 0 Å². The van der Waals surface area contributed by atoms with Crippen molar-refractivity contribution in [1.29, 1.82) is 0 Å². The topological polar surface area (TPSA) is 137 Å². The highest BCUT2D eigenvalue weighted by Crippen LogP contribution is 2.20. The summed E-state index contributed by atoms with van der Waals surface area (Å²) in [6.45, 7) is 2.27. The SMILES string of the molecule is Cc1ccc(NC(=O)O[CH]/C(O)=C/O)cc1NC(=O)OC/C=C/CO. The number of nitrogens with one attached hydrogen (secondary N) is 2. The smallest absolute Gasteiger partial charge is 0.412 e. The van der Waals surface area contributed by atoms with Gasteiger partial charge in [-0.1, -0.05) is 12.1 Å². The van der Waals surface area contributed by atoms with Crippen molar-refractivity contribution in [2.45, 2.75) is 6.92 Å². The zero-order valence-corrected chi connectivity index (χ0v) is 13.4. The number of aliphatic hydroxyl groups excluding tert-OH is 3. The Morgan fingerprint density at radius 3 is 2.64 bits per heavy atom. The Kier molecular flexibility index (Phi) is 8.38. The number of carbonyl (C=O) groups is 2. The number of hydrogen-bond acceptors (Lipinski definition) is 7. The van der Waals surface area contributed by atoms with E-state index in [1.165, 1.54) is 18.2 Å². The van der Waals surface area contributed by atoms with Crippen molar-refractivity contribution in [1.82, 2.24) is 0 Å². The lowest BCUT2D eigenvalue weighted by molar-refractivity contribution is 0.173. The van der Waals surface area contributed by atoms with Crippen LogP contribution in [0.15, 0.2) is 42.4 Å². The summed E-state index contributed by atoms with van der Waals surface area (Å²) < 4.78 is 9.41. The number of amides is 2. The molecule has 0 aliphatic heterocycles. The molecule has 1 aromatic carbocycles. The molecule has 9 nitrogen and oxygen atoms in total. The molecule has 0 aliphatic rings. The normalized spacial score (nSPS) is 11.2. The van der Waals surface area contributed by atoms with E-state index in [-0.39, 0.29) is 13.2 Å². The third-order valence-corrected chi connectivity index (χ3v) is 2.72. The minimum Gasteiger partial charge on any atom is -0.512 e. The summed E-state index contributed by atoms with van der Waals surface area (Å²) in [5, 5.41) is 30.9. The average molecular weight is 351 g/mol. The van der Waals surface area contributed by atoms with Gasteiger partial charge in [0.05, 0.1) is 6.61 Å². The number of rotatable bonds is 7. The molecular weight excluding hydrogens is 332 g/mol. The first-order chi connectivity index (χ1) is 12.0. The highest BCUT2D eigenvalue weighted by molar-refractivity contribution is 5.89. The molecule has 1 aromatic rings. The van der Waals surface area contributed by atoms with Crippen molar-refractivity contribution in [2.75, 3.05) is 23.8 Å². The minimum absolute atomic E-state index is 0.00735. The summed E-state index contributed by atoms with van der Waals surface area (Å²) >= 11 is 0. The summed E-state index contributed by atoms with van der Waals surface area (Å²) in [4.78, 5) is 23.2. The van der Waals surface area contributed by atoms with E-state index in [4.69, 9.17) is 20.1 Å². The Bertz CT molecular complexity index is 656. The van der Waals surface area contributed by atoms with Gasteiger partial charge in [0, 0.05) is 11.4 Å². The first-order valence-electron chi connectivity index (χ1n) is 7.10. The molecule has 0 unspecified atom stereocenters. The van der Waals surface area contributed by atoms with Crippen molar-refractivity contribution in [2.24, 2.45) is 0 Å². The van der Waals surface area contributed by atoms with Crippen LogP contribution in [0.3, 0.4) is 0 Å². The van der Waals surface area contributed by atoms with Crippen molar-refractivity contribution in [3.05, 3.63) is 54.5 Å². The van der Waals surface area contributed by atoms with Crippen LogP contribution >= 0.6 is 0 Å². The zero-order valence-electron chi connectivity index (χ0n) is 13.4. The average Bonchev–Trinajstić information content (AvgIpc) is 2.59. The summed E-state index contributed by atoms with van der Waals surface area (Å²) in [5.41, 5.74) is 1.47. The summed E-state index contributed by atoms with van der Waals surface area (Å²) in [6, 6.07) is 4.73. The minimum atomic E-state index is -0.903. The molecule has 2 amide bonds. The van der Waals surface area contributed by atoms with Crippen molar-refractivity contribution in [3.8, 4) is 0 Å². The van der Waals surface area contributed by atoms with Crippen LogP contribution in [0.1, 0.15) is 5.56 Å². The quantitative estimate of drug-likeness (QED) is 0.376. The van der Waals surface area contributed by atoms with Crippen molar-refractivity contribution < 1.29 is 34.4 Å². The molecule has 0 saturated heterocycles. The fraction of sp³-hybridized carbons (Fsp3) is 0.188. The summed E-state index contributed by atoms with van der Waals surface area (Å²) in [7, 11) is 0. The summed E-state index contributed by atoms with van der Waals surface area (Å²) in [6.07, 6.45) is 1.70.